The molecule has 5 heteroatoms. The number of β-amino-alcohol motifs (C(OH)–C–C–N with tert-alkyl or cyclic N) is 1. The summed E-state index contributed by atoms with van der Waals surface area (Å²) in [5.41, 5.74) is 3.79. The van der Waals surface area contributed by atoms with E-state index in [0.29, 0.717) is 13.2 Å². The van der Waals surface area contributed by atoms with Gasteiger partial charge in [0.05, 0.1) is 18.5 Å². The van der Waals surface area contributed by atoms with Crippen LogP contribution in [0.4, 0.5) is 15.9 Å². The molecule has 3 rings (SSSR count). The lowest BCUT2D eigenvalue weighted by Crippen LogP contribution is -2.31. The molecule has 1 aromatic heterocycles. The molecule has 0 radical (unpaired) electrons. The van der Waals surface area contributed by atoms with Crippen molar-refractivity contribution in [2.45, 2.75) is 26.4 Å². The molecule has 116 valence electrons. The standard InChI is InChI=1S/C17H20FN3O/c1-3-14(22)9-21-10-20-17-16(21)7-12(8-19-17)15-5-4-13(18)6-11(15)2/h4-8,14,22H,3,9-10H2,1-2H3,(H,19,20). The maximum Gasteiger partial charge on any atom is 0.151 e. The first-order valence-corrected chi connectivity index (χ1v) is 7.52. The molecule has 0 aliphatic carbocycles. The number of pyridine rings is 1. The lowest BCUT2D eigenvalue weighted by atomic mass is 10.0. The highest BCUT2D eigenvalue weighted by Gasteiger charge is 2.22. The molecule has 0 spiro atoms. The molecule has 1 aliphatic heterocycles. The van der Waals surface area contributed by atoms with Gasteiger partial charge in [0.15, 0.2) is 5.82 Å². The summed E-state index contributed by atoms with van der Waals surface area (Å²) in [4.78, 5) is 6.54. The minimum Gasteiger partial charge on any atom is -0.391 e. The summed E-state index contributed by atoms with van der Waals surface area (Å²) >= 11 is 0. The molecule has 0 bridgehead atoms. The van der Waals surface area contributed by atoms with Crippen LogP contribution in [0.1, 0.15) is 18.9 Å². The number of aliphatic hydroxyl groups is 1. The fraction of sp³-hybridized carbons (Fsp3) is 0.353. The van der Waals surface area contributed by atoms with Gasteiger partial charge in [-0.1, -0.05) is 13.0 Å². The molecule has 0 saturated heterocycles. The molecule has 1 aromatic carbocycles. The summed E-state index contributed by atoms with van der Waals surface area (Å²) in [5.74, 6) is 0.594. The van der Waals surface area contributed by atoms with Crippen LogP contribution in [0.3, 0.4) is 0 Å². The Labute approximate surface area is 129 Å². The normalized spacial score (nSPS) is 14.6. The quantitative estimate of drug-likeness (QED) is 0.911. The number of fused-ring (bicyclic) bond motifs is 1. The number of aliphatic hydroxyl groups excluding tert-OH is 1. The molecule has 2 heterocycles. The van der Waals surface area contributed by atoms with E-state index in [9.17, 15) is 9.50 Å². The second-order valence-electron chi connectivity index (χ2n) is 5.67. The Morgan fingerprint density at radius 1 is 1.41 bits per heavy atom. The minimum absolute atomic E-state index is 0.232. The Hall–Kier alpha value is -2.14. The van der Waals surface area contributed by atoms with Crippen molar-refractivity contribution in [2.75, 3.05) is 23.4 Å². The van der Waals surface area contributed by atoms with Crippen LogP contribution in [0.5, 0.6) is 0 Å². The first kappa shape index (κ1) is 14.8. The number of hydrogen-bond acceptors (Lipinski definition) is 4. The highest BCUT2D eigenvalue weighted by Crippen LogP contribution is 2.34. The fourth-order valence-corrected chi connectivity index (χ4v) is 2.73. The Morgan fingerprint density at radius 3 is 2.95 bits per heavy atom. The largest absolute Gasteiger partial charge is 0.391 e. The van der Waals surface area contributed by atoms with E-state index >= 15 is 0 Å². The molecule has 4 nitrogen and oxygen atoms in total. The van der Waals surface area contributed by atoms with Gasteiger partial charge in [0, 0.05) is 18.3 Å². The van der Waals surface area contributed by atoms with Gasteiger partial charge in [-0.3, -0.25) is 0 Å². The lowest BCUT2D eigenvalue weighted by Gasteiger charge is -2.21. The predicted octanol–water partition coefficient (Wildman–Crippen LogP) is 3.16. The lowest BCUT2D eigenvalue weighted by molar-refractivity contribution is 0.176. The number of benzene rings is 1. The third kappa shape index (κ3) is 2.76. The van der Waals surface area contributed by atoms with E-state index < -0.39 is 0 Å². The van der Waals surface area contributed by atoms with Crippen molar-refractivity contribution in [2.24, 2.45) is 0 Å². The molecule has 22 heavy (non-hydrogen) atoms. The van der Waals surface area contributed by atoms with Crippen LogP contribution in [0, 0.1) is 12.7 Å². The zero-order valence-electron chi connectivity index (χ0n) is 12.8. The third-order valence-corrected chi connectivity index (χ3v) is 4.05. The Bertz CT molecular complexity index is 690. The molecule has 1 atom stereocenters. The Morgan fingerprint density at radius 2 is 2.23 bits per heavy atom. The number of nitrogens with one attached hydrogen (secondary N) is 1. The van der Waals surface area contributed by atoms with Gasteiger partial charge in [-0.2, -0.15) is 0 Å². The monoisotopic (exact) mass is 301 g/mol. The summed E-state index contributed by atoms with van der Waals surface area (Å²) < 4.78 is 13.3. The van der Waals surface area contributed by atoms with E-state index in [1.807, 2.05) is 19.9 Å². The fourth-order valence-electron chi connectivity index (χ4n) is 2.73. The highest BCUT2D eigenvalue weighted by molar-refractivity contribution is 5.78. The number of aryl methyl sites for hydroxylation is 1. The van der Waals surface area contributed by atoms with Crippen LogP contribution < -0.4 is 10.2 Å². The van der Waals surface area contributed by atoms with Gasteiger partial charge in [-0.15, -0.1) is 0 Å². The van der Waals surface area contributed by atoms with Crippen LogP contribution in [0.2, 0.25) is 0 Å². The molecule has 2 aromatic rings. The maximum atomic E-state index is 13.3. The van der Waals surface area contributed by atoms with E-state index in [1.165, 1.54) is 12.1 Å². The van der Waals surface area contributed by atoms with E-state index in [-0.39, 0.29) is 11.9 Å². The van der Waals surface area contributed by atoms with Crippen molar-refractivity contribution in [1.82, 2.24) is 4.98 Å². The third-order valence-electron chi connectivity index (χ3n) is 4.05. The average molecular weight is 301 g/mol. The second kappa shape index (κ2) is 5.93. The van der Waals surface area contributed by atoms with Gasteiger partial charge in [-0.25, -0.2) is 9.37 Å². The summed E-state index contributed by atoms with van der Waals surface area (Å²) in [6, 6.07) is 6.82. The van der Waals surface area contributed by atoms with Crippen LogP contribution in [0.25, 0.3) is 11.1 Å². The summed E-state index contributed by atoms with van der Waals surface area (Å²) in [7, 11) is 0. The molecule has 0 saturated carbocycles. The average Bonchev–Trinajstić information content (AvgIpc) is 2.89. The molecule has 1 aliphatic rings. The summed E-state index contributed by atoms with van der Waals surface area (Å²) in [5, 5.41) is 13.1. The first-order chi connectivity index (χ1) is 10.6. The van der Waals surface area contributed by atoms with E-state index in [4.69, 9.17) is 0 Å². The number of rotatable bonds is 4. The molecular weight excluding hydrogens is 281 g/mol. The van der Waals surface area contributed by atoms with Gasteiger partial charge in [0.25, 0.3) is 0 Å². The number of nitrogens with zero attached hydrogens (tertiary/aromatic N) is 2. The number of aromatic nitrogens is 1. The van der Waals surface area contributed by atoms with Crippen LogP contribution in [-0.2, 0) is 0 Å². The van der Waals surface area contributed by atoms with E-state index in [2.05, 4.69) is 15.2 Å². The molecule has 0 fully saturated rings. The van der Waals surface area contributed by atoms with Crippen molar-refractivity contribution in [3.8, 4) is 11.1 Å². The van der Waals surface area contributed by atoms with Gasteiger partial charge in [0.1, 0.15) is 5.82 Å². The number of hydrogen-bond donors (Lipinski definition) is 2. The topological polar surface area (TPSA) is 48.4 Å². The summed E-state index contributed by atoms with van der Waals surface area (Å²) in [6.07, 6.45) is 2.16. The van der Waals surface area contributed by atoms with Crippen molar-refractivity contribution in [1.29, 1.82) is 0 Å². The van der Waals surface area contributed by atoms with Crippen LogP contribution >= 0.6 is 0 Å². The number of halogens is 1. The number of anilines is 2. The Kier molecular flexibility index (Phi) is 3.98. The molecular formula is C17H20FN3O. The van der Waals surface area contributed by atoms with Gasteiger partial charge < -0.3 is 15.3 Å². The molecule has 1 unspecified atom stereocenters. The van der Waals surface area contributed by atoms with E-state index in [1.54, 1.807) is 12.3 Å². The smallest absolute Gasteiger partial charge is 0.151 e. The predicted molar refractivity (Wildman–Crippen MR) is 86.5 cm³/mol. The van der Waals surface area contributed by atoms with Crippen LogP contribution in [-0.4, -0.2) is 29.4 Å². The molecule has 2 N–H and O–H groups in total. The second-order valence-corrected chi connectivity index (χ2v) is 5.67. The van der Waals surface area contributed by atoms with Crippen LogP contribution in [0.15, 0.2) is 30.5 Å². The Balaban J connectivity index is 1.94. The summed E-state index contributed by atoms with van der Waals surface area (Å²) in [6.45, 7) is 5.07. The van der Waals surface area contributed by atoms with E-state index in [0.717, 1.165) is 34.6 Å². The highest BCUT2D eigenvalue weighted by atomic mass is 19.1. The minimum atomic E-state index is -0.357. The van der Waals surface area contributed by atoms with Gasteiger partial charge in [0.2, 0.25) is 0 Å². The maximum absolute atomic E-state index is 13.3. The van der Waals surface area contributed by atoms with Crippen molar-refractivity contribution in [3.63, 3.8) is 0 Å². The zero-order valence-corrected chi connectivity index (χ0v) is 12.8. The van der Waals surface area contributed by atoms with Crippen molar-refractivity contribution in [3.05, 3.63) is 41.8 Å². The zero-order chi connectivity index (χ0) is 15.7. The van der Waals surface area contributed by atoms with Crippen molar-refractivity contribution >= 4 is 11.5 Å². The van der Waals surface area contributed by atoms with Crippen molar-refractivity contribution < 1.29 is 9.50 Å². The van der Waals surface area contributed by atoms with Gasteiger partial charge in [-0.05, 0) is 42.7 Å². The molecule has 0 amide bonds. The SMILES string of the molecule is CCC(O)CN1CNc2ncc(-c3ccc(F)cc3C)cc21. The first-order valence-electron chi connectivity index (χ1n) is 7.52. The van der Waals surface area contributed by atoms with Gasteiger partial charge >= 0.3 is 0 Å².